The smallest absolute Gasteiger partial charge is 0.230 e. The number of amides is 2. The van der Waals surface area contributed by atoms with E-state index >= 15 is 0 Å². The van der Waals surface area contributed by atoms with Gasteiger partial charge < -0.3 is 15.1 Å². The molecule has 2 rings (SSSR count). The molecule has 1 saturated heterocycles. The molecule has 2 amide bonds. The quantitative estimate of drug-likeness (QED) is 0.400. The molecule has 150 valence electrons. The molecule has 1 aliphatic rings. The number of hydrogen-bond acceptors (Lipinski definition) is 6. The molecule has 0 radical (unpaired) electrons. The average Bonchev–Trinajstić information content (AvgIpc) is 2.65. The maximum Gasteiger partial charge on any atom is 0.230 e. The zero-order valence-corrected chi connectivity index (χ0v) is 17.8. The lowest BCUT2D eigenvalue weighted by Gasteiger charge is -2.35. The number of carbonyl (C=O) groups excluding carboxylic acids is 2. The molecule has 1 N–H and O–H groups in total. The molecule has 0 atom stereocenters. The number of thioether (sulfide) groups is 1. The molecule has 2 heterocycles. The monoisotopic (exact) mass is 413 g/mol. The number of aromatic nitrogens is 2. The van der Waals surface area contributed by atoms with E-state index in [4.69, 9.17) is 11.6 Å². The van der Waals surface area contributed by atoms with E-state index in [0.29, 0.717) is 55.4 Å². The molecule has 0 unspecified atom stereocenters. The van der Waals surface area contributed by atoms with E-state index in [1.165, 1.54) is 11.8 Å². The van der Waals surface area contributed by atoms with E-state index < -0.39 is 0 Å². The highest BCUT2D eigenvalue weighted by atomic mass is 35.5. The molecule has 1 fully saturated rings. The van der Waals surface area contributed by atoms with Crippen molar-refractivity contribution in [3.63, 3.8) is 0 Å². The number of halogens is 1. The van der Waals surface area contributed by atoms with Gasteiger partial charge in [-0.3, -0.25) is 9.59 Å². The lowest BCUT2D eigenvalue weighted by atomic mass is 10.1. The number of hydrogen-bond donors (Lipinski definition) is 1. The summed E-state index contributed by atoms with van der Waals surface area (Å²) in [6.07, 6.45) is 1.49. The van der Waals surface area contributed by atoms with Gasteiger partial charge in [0.25, 0.3) is 0 Å². The van der Waals surface area contributed by atoms with Gasteiger partial charge in [0.05, 0.1) is 5.75 Å². The fourth-order valence-electron chi connectivity index (χ4n) is 2.70. The Kier molecular flexibility index (Phi) is 8.63. The third-order valence-electron chi connectivity index (χ3n) is 4.30. The summed E-state index contributed by atoms with van der Waals surface area (Å²) in [6.45, 7) is 9.57. The minimum atomic E-state index is -0.0301. The molecule has 0 saturated carbocycles. The first-order valence-corrected chi connectivity index (χ1v) is 10.7. The molecule has 0 bridgehead atoms. The second-order valence-electron chi connectivity index (χ2n) is 6.87. The van der Waals surface area contributed by atoms with E-state index in [1.807, 2.05) is 11.8 Å². The number of piperazine rings is 1. The van der Waals surface area contributed by atoms with E-state index in [-0.39, 0.29) is 17.6 Å². The second-order valence-corrected chi connectivity index (χ2v) is 8.20. The molecular formula is C18H28ClN5O2S. The van der Waals surface area contributed by atoms with Crippen LogP contribution < -0.4 is 10.2 Å². The van der Waals surface area contributed by atoms with Crippen LogP contribution in [-0.4, -0.2) is 65.2 Å². The number of nitrogens with one attached hydrogen (secondary N) is 1. The van der Waals surface area contributed by atoms with Crippen LogP contribution >= 0.6 is 23.4 Å². The largest absolute Gasteiger partial charge is 0.355 e. The van der Waals surface area contributed by atoms with Crippen molar-refractivity contribution >= 4 is 41.0 Å². The van der Waals surface area contributed by atoms with Gasteiger partial charge >= 0.3 is 0 Å². The fourth-order valence-corrected chi connectivity index (χ4v) is 3.61. The lowest BCUT2D eigenvalue weighted by molar-refractivity contribution is -0.131. The maximum absolute atomic E-state index is 11.9. The maximum atomic E-state index is 11.9. The Bertz CT molecular complexity index is 651. The summed E-state index contributed by atoms with van der Waals surface area (Å²) in [4.78, 5) is 36.4. The Hall–Kier alpha value is -1.54. The summed E-state index contributed by atoms with van der Waals surface area (Å²) in [7, 11) is 0. The number of rotatable bonds is 8. The van der Waals surface area contributed by atoms with Crippen LogP contribution in [0.25, 0.3) is 0 Å². The standard InChI is InChI=1S/C18H28ClN5O2S/c1-4-17(26)24-9-7-23(8-10-24)15-11-14(19)21-18(22-15)27-12-16(25)20-6-5-13(2)3/h11,13H,4-10,12H2,1-3H3,(H,20,25). The Morgan fingerprint density at radius 3 is 2.59 bits per heavy atom. The number of anilines is 1. The predicted molar refractivity (Wildman–Crippen MR) is 109 cm³/mol. The first kappa shape index (κ1) is 21.8. The molecule has 1 aliphatic heterocycles. The first-order valence-electron chi connectivity index (χ1n) is 9.35. The van der Waals surface area contributed by atoms with Crippen LogP contribution in [0.4, 0.5) is 5.82 Å². The van der Waals surface area contributed by atoms with E-state index in [0.717, 1.165) is 12.2 Å². The van der Waals surface area contributed by atoms with Crippen molar-refractivity contribution in [3.05, 3.63) is 11.2 Å². The van der Waals surface area contributed by atoms with Crippen LogP contribution in [0.5, 0.6) is 0 Å². The highest BCUT2D eigenvalue weighted by Gasteiger charge is 2.21. The predicted octanol–water partition coefficient (Wildman–Crippen LogP) is 2.44. The van der Waals surface area contributed by atoms with Crippen molar-refractivity contribution in [2.24, 2.45) is 5.92 Å². The summed E-state index contributed by atoms with van der Waals surface area (Å²) < 4.78 is 0. The highest BCUT2D eigenvalue weighted by Crippen LogP contribution is 2.23. The first-order chi connectivity index (χ1) is 12.9. The Morgan fingerprint density at radius 2 is 1.96 bits per heavy atom. The van der Waals surface area contributed by atoms with Gasteiger partial charge in [0.15, 0.2) is 5.16 Å². The fraction of sp³-hybridized carbons (Fsp3) is 0.667. The summed E-state index contributed by atoms with van der Waals surface area (Å²) in [6, 6.07) is 1.73. The lowest BCUT2D eigenvalue weighted by Crippen LogP contribution is -2.48. The molecule has 0 spiro atoms. The van der Waals surface area contributed by atoms with Crippen LogP contribution in [-0.2, 0) is 9.59 Å². The number of nitrogens with zero attached hydrogens (tertiary/aromatic N) is 4. The van der Waals surface area contributed by atoms with Crippen molar-refractivity contribution in [2.45, 2.75) is 38.8 Å². The minimum absolute atomic E-state index is 0.0301. The van der Waals surface area contributed by atoms with Crippen molar-refractivity contribution in [1.29, 1.82) is 0 Å². The van der Waals surface area contributed by atoms with Gasteiger partial charge in [0.1, 0.15) is 11.0 Å². The van der Waals surface area contributed by atoms with Crippen molar-refractivity contribution in [1.82, 2.24) is 20.2 Å². The van der Waals surface area contributed by atoms with Crippen LogP contribution in [0.15, 0.2) is 11.2 Å². The van der Waals surface area contributed by atoms with Gasteiger partial charge in [-0.2, -0.15) is 0 Å². The summed E-state index contributed by atoms with van der Waals surface area (Å²) in [5.74, 6) is 1.70. The van der Waals surface area contributed by atoms with E-state index in [2.05, 4.69) is 34.0 Å². The zero-order chi connectivity index (χ0) is 19.8. The SMILES string of the molecule is CCC(=O)N1CCN(c2cc(Cl)nc(SCC(=O)NCCC(C)C)n2)CC1. The third-order valence-corrected chi connectivity index (χ3v) is 5.34. The molecule has 27 heavy (non-hydrogen) atoms. The molecule has 0 aliphatic carbocycles. The Balaban J connectivity index is 1.88. The van der Waals surface area contributed by atoms with Crippen molar-refractivity contribution in [3.8, 4) is 0 Å². The Labute approximate surface area is 170 Å². The van der Waals surface area contributed by atoms with E-state index in [1.54, 1.807) is 6.07 Å². The van der Waals surface area contributed by atoms with Crippen LogP contribution in [0, 0.1) is 5.92 Å². The molecule has 1 aromatic rings. The van der Waals surface area contributed by atoms with Crippen molar-refractivity contribution < 1.29 is 9.59 Å². The van der Waals surface area contributed by atoms with Crippen LogP contribution in [0.2, 0.25) is 5.15 Å². The number of carbonyl (C=O) groups is 2. The zero-order valence-electron chi connectivity index (χ0n) is 16.2. The third kappa shape index (κ3) is 7.18. The molecule has 9 heteroatoms. The molecule has 7 nitrogen and oxygen atoms in total. The Morgan fingerprint density at radius 1 is 1.26 bits per heavy atom. The normalized spacial score (nSPS) is 14.6. The second kappa shape index (κ2) is 10.7. The van der Waals surface area contributed by atoms with Gasteiger partial charge in [0, 0.05) is 45.2 Å². The van der Waals surface area contributed by atoms with Gasteiger partial charge in [-0.15, -0.1) is 0 Å². The summed E-state index contributed by atoms with van der Waals surface area (Å²) in [5.41, 5.74) is 0. The topological polar surface area (TPSA) is 78.4 Å². The summed E-state index contributed by atoms with van der Waals surface area (Å²) in [5, 5.41) is 3.75. The molecule has 1 aromatic heterocycles. The minimum Gasteiger partial charge on any atom is -0.355 e. The van der Waals surface area contributed by atoms with Crippen molar-refractivity contribution in [2.75, 3.05) is 43.4 Å². The molecule has 0 aromatic carbocycles. The van der Waals surface area contributed by atoms with Gasteiger partial charge in [-0.25, -0.2) is 9.97 Å². The van der Waals surface area contributed by atoms with Gasteiger partial charge in [0.2, 0.25) is 11.8 Å². The van der Waals surface area contributed by atoms with Gasteiger partial charge in [-0.1, -0.05) is 44.1 Å². The summed E-state index contributed by atoms with van der Waals surface area (Å²) >= 11 is 7.43. The van der Waals surface area contributed by atoms with Gasteiger partial charge in [-0.05, 0) is 12.3 Å². The van der Waals surface area contributed by atoms with Crippen LogP contribution in [0.1, 0.15) is 33.6 Å². The average molecular weight is 414 g/mol. The van der Waals surface area contributed by atoms with Crippen LogP contribution in [0.3, 0.4) is 0 Å². The van der Waals surface area contributed by atoms with E-state index in [9.17, 15) is 9.59 Å². The molecular weight excluding hydrogens is 386 g/mol. The highest BCUT2D eigenvalue weighted by molar-refractivity contribution is 7.99.